The van der Waals surface area contributed by atoms with Gasteiger partial charge in [-0.1, -0.05) is 6.07 Å². The molecule has 1 aliphatic rings. The Kier molecular flexibility index (Phi) is 5.41. The quantitative estimate of drug-likeness (QED) is 0.577. The molecule has 21 heavy (non-hydrogen) atoms. The highest BCUT2D eigenvalue weighted by molar-refractivity contribution is 5.81. The summed E-state index contributed by atoms with van der Waals surface area (Å²) in [6, 6.07) is 3.74. The van der Waals surface area contributed by atoms with Gasteiger partial charge in [0.2, 0.25) is 5.91 Å². The van der Waals surface area contributed by atoms with Crippen LogP contribution < -0.4 is 11.1 Å². The lowest BCUT2D eigenvalue weighted by atomic mass is 10.1. The molecule has 0 bridgehead atoms. The summed E-state index contributed by atoms with van der Waals surface area (Å²) in [5.74, 6) is -0.618. The second kappa shape index (κ2) is 7.28. The summed E-state index contributed by atoms with van der Waals surface area (Å²) < 4.78 is 5.48. The van der Waals surface area contributed by atoms with Crippen LogP contribution in [-0.2, 0) is 16.0 Å². The summed E-state index contributed by atoms with van der Waals surface area (Å²) >= 11 is 0. The van der Waals surface area contributed by atoms with Gasteiger partial charge in [-0.2, -0.15) is 0 Å². The van der Waals surface area contributed by atoms with E-state index in [0.717, 1.165) is 25.9 Å². The van der Waals surface area contributed by atoms with E-state index < -0.39 is 6.04 Å². The predicted molar refractivity (Wildman–Crippen MR) is 78.1 cm³/mol. The smallest absolute Gasteiger partial charge is 0.237 e. The van der Waals surface area contributed by atoms with Gasteiger partial charge in [0.15, 0.2) is 11.5 Å². The number of carbonyl (C=O) groups is 1. The molecule has 1 aromatic carbocycles. The minimum atomic E-state index is -0.682. The van der Waals surface area contributed by atoms with Crippen LogP contribution >= 0.6 is 0 Å². The van der Waals surface area contributed by atoms with Crippen molar-refractivity contribution in [1.82, 2.24) is 5.32 Å². The zero-order valence-corrected chi connectivity index (χ0v) is 11.9. The Morgan fingerprint density at radius 1 is 1.43 bits per heavy atom. The number of hydrogen-bond acceptors (Lipinski definition) is 5. The van der Waals surface area contributed by atoms with E-state index in [9.17, 15) is 15.0 Å². The summed E-state index contributed by atoms with van der Waals surface area (Å²) in [7, 11) is 0. The molecule has 0 spiro atoms. The third-order valence-electron chi connectivity index (χ3n) is 3.62. The van der Waals surface area contributed by atoms with Crippen molar-refractivity contribution in [3.8, 4) is 11.5 Å². The van der Waals surface area contributed by atoms with Gasteiger partial charge in [-0.05, 0) is 43.4 Å². The number of rotatable bonds is 6. The van der Waals surface area contributed by atoms with Gasteiger partial charge in [-0.25, -0.2) is 0 Å². The van der Waals surface area contributed by atoms with E-state index >= 15 is 0 Å². The van der Waals surface area contributed by atoms with Crippen molar-refractivity contribution in [3.63, 3.8) is 0 Å². The number of ether oxygens (including phenoxy) is 1. The fraction of sp³-hybridized carbons (Fsp3) is 0.533. The fourth-order valence-corrected chi connectivity index (χ4v) is 2.40. The molecule has 116 valence electrons. The molecule has 6 heteroatoms. The minimum absolute atomic E-state index is 0.187. The third-order valence-corrected chi connectivity index (χ3v) is 3.62. The number of hydrogen-bond donors (Lipinski definition) is 4. The van der Waals surface area contributed by atoms with Gasteiger partial charge in [0, 0.05) is 13.2 Å². The summed E-state index contributed by atoms with van der Waals surface area (Å²) in [6.45, 7) is 1.36. The van der Waals surface area contributed by atoms with Crippen molar-refractivity contribution in [3.05, 3.63) is 23.8 Å². The van der Waals surface area contributed by atoms with Gasteiger partial charge in [-0.3, -0.25) is 4.79 Å². The lowest BCUT2D eigenvalue weighted by molar-refractivity contribution is -0.122. The zero-order valence-electron chi connectivity index (χ0n) is 11.9. The average Bonchev–Trinajstić information content (AvgIpc) is 2.96. The normalized spacial score (nSPS) is 19.4. The van der Waals surface area contributed by atoms with Crippen molar-refractivity contribution < 1.29 is 19.7 Å². The Morgan fingerprint density at radius 3 is 2.90 bits per heavy atom. The zero-order chi connectivity index (χ0) is 15.2. The molecule has 1 amide bonds. The standard InChI is InChI=1S/C15H22N2O4/c16-12(8-10-3-4-13(18)14(19)9-10)15(20)17-6-5-11-2-1-7-21-11/h3-4,9,11-12,18-19H,1-2,5-8,16H2,(H,17,20)/t11?,12-/m0/s1. The van der Waals surface area contributed by atoms with E-state index in [1.165, 1.54) is 12.1 Å². The molecule has 0 radical (unpaired) electrons. The van der Waals surface area contributed by atoms with Crippen molar-refractivity contribution >= 4 is 5.91 Å². The molecule has 1 aromatic rings. The van der Waals surface area contributed by atoms with E-state index in [2.05, 4.69) is 5.32 Å². The van der Waals surface area contributed by atoms with Crippen LogP contribution in [0, 0.1) is 0 Å². The first kappa shape index (κ1) is 15.6. The van der Waals surface area contributed by atoms with E-state index in [1.807, 2.05) is 0 Å². The number of benzene rings is 1. The number of nitrogens with two attached hydrogens (primary N) is 1. The summed E-state index contributed by atoms with van der Waals surface area (Å²) in [5.41, 5.74) is 6.55. The molecule has 2 atom stereocenters. The van der Waals surface area contributed by atoms with Crippen LogP contribution in [0.2, 0.25) is 0 Å². The number of aromatic hydroxyl groups is 2. The maximum atomic E-state index is 11.9. The Labute approximate surface area is 123 Å². The van der Waals surface area contributed by atoms with E-state index in [-0.39, 0.29) is 23.5 Å². The molecule has 1 unspecified atom stereocenters. The van der Waals surface area contributed by atoms with Gasteiger partial charge in [0.05, 0.1) is 12.1 Å². The average molecular weight is 294 g/mol. The maximum absolute atomic E-state index is 11.9. The molecule has 2 rings (SSSR count). The largest absolute Gasteiger partial charge is 0.504 e. The first-order valence-electron chi connectivity index (χ1n) is 7.22. The van der Waals surface area contributed by atoms with Gasteiger partial charge in [0.25, 0.3) is 0 Å². The second-order valence-corrected chi connectivity index (χ2v) is 5.35. The lowest BCUT2D eigenvalue weighted by Crippen LogP contribution is -2.42. The van der Waals surface area contributed by atoms with Crippen LogP contribution in [-0.4, -0.2) is 41.4 Å². The molecule has 1 saturated heterocycles. The fourth-order valence-electron chi connectivity index (χ4n) is 2.40. The Morgan fingerprint density at radius 2 is 2.24 bits per heavy atom. The van der Waals surface area contributed by atoms with Crippen LogP contribution in [0.1, 0.15) is 24.8 Å². The van der Waals surface area contributed by atoms with Crippen molar-refractivity contribution in [2.24, 2.45) is 5.73 Å². The number of amides is 1. The van der Waals surface area contributed by atoms with Gasteiger partial charge in [0.1, 0.15) is 0 Å². The maximum Gasteiger partial charge on any atom is 0.237 e. The molecular formula is C15H22N2O4. The summed E-state index contributed by atoms with van der Waals surface area (Å²) in [4.78, 5) is 11.9. The topological polar surface area (TPSA) is 105 Å². The van der Waals surface area contributed by atoms with E-state index in [0.29, 0.717) is 18.5 Å². The number of nitrogens with one attached hydrogen (secondary N) is 1. The SMILES string of the molecule is N[C@@H](Cc1ccc(O)c(O)c1)C(=O)NCCC1CCCO1. The molecule has 6 nitrogen and oxygen atoms in total. The second-order valence-electron chi connectivity index (χ2n) is 5.35. The number of phenols is 2. The molecule has 0 aliphatic carbocycles. The third kappa shape index (κ3) is 4.61. The first-order chi connectivity index (χ1) is 10.1. The van der Waals surface area contributed by atoms with Crippen LogP contribution in [0.5, 0.6) is 11.5 Å². The van der Waals surface area contributed by atoms with Gasteiger partial charge < -0.3 is 26.0 Å². The first-order valence-corrected chi connectivity index (χ1v) is 7.22. The number of phenolic OH excluding ortho intramolecular Hbond substituents is 2. The molecule has 1 heterocycles. The highest BCUT2D eigenvalue weighted by Gasteiger charge is 2.17. The van der Waals surface area contributed by atoms with Gasteiger partial charge >= 0.3 is 0 Å². The molecule has 1 fully saturated rings. The molecule has 1 aliphatic heterocycles. The Bertz CT molecular complexity index is 487. The van der Waals surface area contributed by atoms with E-state index in [4.69, 9.17) is 10.5 Å². The van der Waals surface area contributed by atoms with Gasteiger partial charge in [-0.15, -0.1) is 0 Å². The van der Waals surface area contributed by atoms with Crippen LogP contribution in [0.15, 0.2) is 18.2 Å². The molecule has 0 saturated carbocycles. The summed E-state index contributed by atoms with van der Waals surface area (Å²) in [6.07, 6.45) is 3.49. The van der Waals surface area contributed by atoms with Crippen LogP contribution in [0.4, 0.5) is 0 Å². The molecular weight excluding hydrogens is 272 g/mol. The Hall–Kier alpha value is -1.79. The minimum Gasteiger partial charge on any atom is -0.504 e. The highest BCUT2D eigenvalue weighted by atomic mass is 16.5. The van der Waals surface area contributed by atoms with Crippen molar-refractivity contribution in [1.29, 1.82) is 0 Å². The monoisotopic (exact) mass is 294 g/mol. The number of carbonyl (C=O) groups excluding carboxylic acids is 1. The molecule has 0 aromatic heterocycles. The van der Waals surface area contributed by atoms with E-state index in [1.54, 1.807) is 6.07 Å². The van der Waals surface area contributed by atoms with Crippen LogP contribution in [0.3, 0.4) is 0 Å². The molecule has 5 N–H and O–H groups in total. The Balaban J connectivity index is 1.74. The van der Waals surface area contributed by atoms with Crippen LogP contribution in [0.25, 0.3) is 0 Å². The summed E-state index contributed by atoms with van der Waals surface area (Å²) in [5, 5.41) is 21.4. The van der Waals surface area contributed by atoms with Crippen molar-refractivity contribution in [2.75, 3.05) is 13.2 Å². The predicted octanol–water partition coefficient (Wildman–Crippen LogP) is 0.653. The lowest BCUT2D eigenvalue weighted by Gasteiger charge is -2.14. The van der Waals surface area contributed by atoms with Crippen molar-refractivity contribution in [2.45, 2.75) is 37.8 Å². The highest BCUT2D eigenvalue weighted by Crippen LogP contribution is 2.25.